The topological polar surface area (TPSA) is 42.2 Å². The number of benzene rings is 1. The second-order valence-corrected chi connectivity index (χ2v) is 5.20. The summed E-state index contributed by atoms with van der Waals surface area (Å²) in [5.41, 5.74) is 3.23. The van der Waals surface area contributed by atoms with Crippen molar-refractivity contribution in [3.8, 4) is 0 Å². The van der Waals surface area contributed by atoms with Crippen LogP contribution in [-0.2, 0) is 24.2 Å². The van der Waals surface area contributed by atoms with Gasteiger partial charge in [0.25, 0.3) is 0 Å². The molecule has 3 nitrogen and oxygen atoms in total. The molecule has 4 heteroatoms. The summed E-state index contributed by atoms with van der Waals surface area (Å²) in [7, 11) is 0. The molecule has 2 aromatic rings. The predicted octanol–water partition coefficient (Wildman–Crippen LogP) is 3.26. The Morgan fingerprint density at radius 3 is 3.00 bits per heavy atom. The molecule has 0 atom stereocenters. The van der Waals surface area contributed by atoms with Gasteiger partial charge < -0.3 is 9.67 Å². The fraction of sp³-hybridized carbons (Fsp3) is 0.357. The van der Waals surface area contributed by atoms with E-state index in [4.69, 9.17) is 16.7 Å². The van der Waals surface area contributed by atoms with Gasteiger partial charge in [-0.05, 0) is 37.0 Å². The van der Waals surface area contributed by atoms with Gasteiger partial charge in [0, 0.05) is 28.2 Å². The maximum Gasteiger partial charge on any atom is 0.307 e. The van der Waals surface area contributed by atoms with Gasteiger partial charge in [-0.3, -0.25) is 4.79 Å². The number of halogens is 1. The number of carbonyl (C=O) groups is 1. The minimum Gasteiger partial charge on any atom is -0.481 e. The van der Waals surface area contributed by atoms with Crippen LogP contribution in [0.15, 0.2) is 18.2 Å². The fourth-order valence-corrected chi connectivity index (χ4v) is 3.07. The summed E-state index contributed by atoms with van der Waals surface area (Å²) in [5.74, 6) is -0.772. The summed E-state index contributed by atoms with van der Waals surface area (Å²) in [4.78, 5) is 11.0. The zero-order valence-corrected chi connectivity index (χ0v) is 10.7. The smallest absolute Gasteiger partial charge is 0.307 e. The number of rotatable bonds is 2. The van der Waals surface area contributed by atoms with Crippen LogP contribution in [0, 0.1) is 0 Å². The molecule has 0 saturated heterocycles. The van der Waals surface area contributed by atoms with Crippen LogP contribution in [0.4, 0.5) is 0 Å². The van der Waals surface area contributed by atoms with Crippen molar-refractivity contribution in [2.45, 2.75) is 32.2 Å². The van der Waals surface area contributed by atoms with Crippen molar-refractivity contribution in [2.75, 3.05) is 0 Å². The second-order valence-electron chi connectivity index (χ2n) is 4.77. The fourth-order valence-electron chi connectivity index (χ4n) is 2.90. The van der Waals surface area contributed by atoms with Gasteiger partial charge in [-0.15, -0.1) is 0 Å². The molecule has 0 bridgehead atoms. The molecule has 0 spiro atoms. The van der Waals surface area contributed by atoms with Crippen LogP contribution in [0.25, 0.3) is 10.9 Å². The van der Waals surface area contributed by atoms with E-state index < -0.39 is 5.97 Å². The first-order chi connectivity index (χ1) is 8.66. The van der Waals surface area contributed by atoms with E-state index in [0.29, 0.717) is 5.02 Å². The standard InChI is InChI=1S/C14H14ClNO2/c15-9-4-5-10-11(8-14(17)18)12-3-1-2-6-16(12)13(10)7-9/h4-5,7H,1-3,6,8H2,(H,17,18). The Labute approximate surface area is 110 Å². The molecule has 3 rings (SSSR count). The highest BCUT2D eigenvalue weighted by Gasteiger charge is 2.21. The summed E-state index contributed by atoms with van der Waals surface area (Å²) in [6, 6.07) is 5.72. The molecule has 1 N–H and O–H groups in total. The van der Waals surface area contributed by atoms with E-state index in [1.165, 1.54) is 5.69 Å². The Morgan fingerprint density at radius 2 is 2.22 bits per heavy atom. The number of carboxylic acid groups (broad SMARTS) is 1. The lowest BCUT2D eigenvalue weighted by Gasteiger charge is -2.17. The van der Waals surface area contributed by atoms with Gasteiger partial charge in [-0.1, -0.05) is 17.7 Å². The molecule has 18 heavy (non-hydrogen) atoms. The number of hydrogen-bond acceptors (Lipinski definition) is 1. The quantitative estimate of drug-likeness (QED) is 0.904. The van der Waals surface area contributed by atoms with Gasteiger partial charge in [0.15, 0.2) is 0 Å². The van der Waals surface area contributed by atoms with Crippen LogP contribution in [0.5, 0.6) is 0 Å². The van der Waals surface area contributed by atoms with E-state index in [9.17, 15) is 4.79 Å². The number of nitrogens with zero attached hydrogens (tertiary/aromatic N) is 1. The normalized spacial score (nSPS) is 14.7. The van der Waals surface area contributed by atoms with Gasteiger partial charge >= 0.3 is 5.97 Å². The molecule has 0 amide bonds. The maximum absolute atomic E-state index is 11.0. The maximum atomic E-state index is 11.0. The van der Waals surface area contributed by atoms with Crippen molar-refractivity contribution in [1.82, 2.24) is 4.57 Å². The van der Waals surface area contributed by atoms with Gasteiger partial charge in [0.1, 0.15) is 0 Å². The van der Waals surface area contributed by atoms with E-state index in [1.807, 2.05) is 18.2 Å². The lowest BCUT2D eigenvalue weighted by molar-refractivity contribution is -0.136. The number of fused-ring (bicyclic) bond motifs is 3. The van der Waals surface area contributed by atoms with Crippen LogP contribution in [0.2, 0.25) is 5.02 Å². The van der Waals surface area contributed by atoms with E-state index in [0.717, 1.165) is 42.3 Å². The number of hydrogen-bond donors (Lipinski definition) is 1. The third-order valence-electron chi connectivity index (χ3n) is 3.62. The first-order valence-corrected chi connectivity index (χ1v) is 6.56. The van der Waals surface area contributed by atoms with E-state index in [2.05, 4.69) is 4.57 Å². The Hall–Kier alpha value is -1.48. The monoisotopic (exact) mass is 263 g/mol. The van der Waals surface area contributed by atoms with Crippen LogP contribution in [0.1, 0.15) is 24.1 Å². The van der Waals surface area contributed by atoms with Crippen LogP contribution >= 0.6 is 11.6 Å². The summed E-state index contributed by atoms with van der Waals surface area (Å²) in [5, 5.41) is 10.8. The molecule has 0 aliphatic carbocycles. The molecular weight excluding hydrogens is 250 g/mol. The molecule has 0 saturated carbocycles. The van der Waals surface area contributed by atoms with Crippen molar-refractivity contribution in [1.29, 1.82) is 0 Å². The minimum absolute atomic E-state index is 0.0977. The van der Waals surface area contributed by atoms with Crippen LogP contribution < -0.4 is 0 Å². The Kier molecular flexibility index (Phi) is 2.78. The lowest BCUT2D eigenvalue weighted by Crippen LogP contribution is -2.12. The van der Waals surface area contributed by atoms with Crippen molar-refractivity contribution in [3.63, 3.8) is 0 Å². The van der Waals surface area contributed by atoms with Crippen molar-refractivity contribution in [2.24, 2.45) is 0 Å². The van der Waals surface area contributed by atoms with Crippen molar-refractivity contribution >= 4 is 28.5 Å². The number of aromatic nitrogens is 1. The zero-order chi connectivity index (χ0) is 12.7. The highest BCUT2D eigenvalue weighted by molar-refractivity contribution is 6.31. The number of aryl methyl sites for hydroxylation is 1. The van der Waals surface area contributed by atoms with Gasteiger partial charge in [0.2, 0.25) is 0 Å². The Morgan fingerprint density at radius 1 is 1.39 bits per heavy atom. The van der Waals surface area contributed by atoms with Crippen molar-refractivity contribution in [3.05, 3.63) is 34.5 Å². The highest BCUT2D eigenvalue weighted by Crippen LogP contribution is 2.32. The molecule has 1 aromatic carbocycles. The van der Waals surface area contributed by atoms with E-state index in [1.54, 1.807) is 0 Å². The molecule has 1 aliphatic rings. The Bertz CT molecular complexity index is 630. The predicted molar refractivity (Wildman–Crippen MR) is 71.2 cm³/mol. The summed E-state index contributed by atoms with van der Waals surface area (Å²) in [6.45, 7) is 0.964. The summed E-state index contributed by atoms with van der Waals surface area (Å²) < 4.78 is 2.24. The minimum atomic E-state index is -0.772. The molecule has 1 aliphatic heterocycles. The van der Waals surface area contributed by atoms with Crippen LogP contribution in [-0.4, -0.2) is 15.6 Å². The largest absolute Gasteiger partial charge is 0.481 e. The second kappa shape index (κ2) is 4.32. The SMILES string of the molecule is O=C(O)Cc1c2n(c3cc(Cl)ccc13)CCCC2. The first-order valence-electron chi connectivity index (χ1n) is 6.18. The van der Waals surface area contributed by atoms with E-state index >= 15 is 0 Å². The zero-order valence-electron chi connectivity index (χ0n) is 9.95. The summed E-state index contributed by atoms with van der Waals surface area (Å²) >= 11 is 6.05. The van der Waals surface area contributed by atoms with Gasteiger partial charge in [-0.25, -0.2) is 0 Å². The van der Waals surface area contributed by atoms with E-state index in [-0.39, 0.29) is 6.42 Å². The third kappa shape index (κ3) is 1.79. The number of carboxylic acids is 1. The highest BCUT2D eigenvalue weighted by atomic mass is 35.5. The molecule has 94 valence electrons. The first kappa shape index (κ1) is 11.6. The van der Waals surface area contributed by atoms with Crippen molar-refractivity contribution < 1.29 is 9.90 Å². The van der Waals surface area contributed by atoms with Gasteiger partial charge in [-0.2, -0.15) is 0 Å². The molecular formula is C14H14ClNO2. The summed E-state index contributed by atoms with van der Waals surface area (Å²) in [6.07, 6.45) is 3.35. The molecule has 1 aromatic heterocycles. The van der Waals surface area contributed by atoms with Gasteiger partial charge in [0.05, 0.1) is 6.42 Å². The van der Waals surface area contributed by atoms with Crippen LogP contribution in [0.3, 0.4) is 0 Å². The average molecular weight is 264 g/mol. The third-order valence-corrected chi connectivity index (χ3v) is 3.86. The molecule has 0 radical (unpaired) electrons. The molecule has 2 heterocycles. The lowest BCUT2D eigenvalue weighted by atomic mass is 10.0. The average Bonchev–Trinajstić information content (AvgIpc) is 2.64. The number of aliphatic carboxylic acids is 1. The molecule has 0 unspecified atom stereocenters. The Balaban J connectivity index is 2.28. The molecule has 0 fully saturated rings.